The summed E-state index contributed by atoms with van der Waals surface area (Å²) in [7, 11) is 1.42. The molecule has 2 heterocycles. The van der Waals surface area contributed by atoms with Crippen molar-refractivity contribution >= 4 is 40.3 Å². The minimum Gasteiger partial charge on any atom is -0.497 e. The molecule has 1 saturated heterocycles. The molecule has 3 aromatic rings. The largest absolute Gasteiger partial charge is 0.497 e. The van der Waals surface area contributed by atoms with Crippen LogP contribution in [-0.4, -0.2) is 50.7 Å². The molecule has 1 aromatic heterocycles. The van der Waals surface area contributed by atoms with Crippen molar-refractivity contribution in [3.8, 4) is 5.75 Å². The van der Waals surface area contributed by atoms with Gasteiger partial charge in [0, 0.05) is 21.1 Å². The number of amides is 1. The van der Waals surface area contributed by atoms with Crippen LogP contribution in [0.2, 0.25) is 0 Å². The van der Waals surface area contributed by atoms with Crippen LogP contribution in [0.15, 0.2) is 76.8 Å². The summed E-state index contributed by atoms with van der Waals surface area (Å²) < 4.78 is 47.3. The van der Waals surface area contributed by atoms with Gasteiger partial charge >= 0.3 is 17.6 Å². The third kappa shape index (κ3) is 5.55. The van der Waals surface area contributed by atoms with Crippen molar-refractivity contribution in [1.82, 2.24) is 9.55 Å². The van der Waals surface area contributed by atoms with Crippen LogP contribution in [0, 0.1) is 0 Å². The Morgan fingerprint density at radius 1 is 1.18 bits per heavy atom. The topological polar surface area (TPSA) is 158 Å². The number of esters is 1. The number of azide groups is 1. The van der Waals surface area contributed by atoms with E-state index in [1.807, 2.05) is 0 Å². The highest BCUT2D eigenvalue weighted by atomic mass is 127. The van der Waals surface area contributed by atoms with Gasteiger partial charge in [-0.25, -0.2) is 9.59 Å². The Kier molecular flexibility index (Phi) is 8.13. The van der Waals surface area contributed by atoms with Crippen molar-refractivity contribution < 1.29 is 32.6 Å². The van der Waals surface area contributed by atoms with Gasteiger partial charge in [0.05, 0.1) is 12.7 Å². The van der Waals surface area contributed by atoms with Gasteiger partial charge < -0.3 is 19.5 Å². The quantitative estimate of drug-likeness (QED) is 0.0948. The highest BCUT2D eigenvalue weighted by Crippen LogP contribution is 2.51. The van der Waals surface area contributed by atoms with Gasteiger partial charge in [0.25, 0.3) is 5.91 Å². The summed E-state index contributed by atoms with van der Waals surface area (Å²) in [6, 6.07) is 14.7. The molecule has 4 rings (SSSR count). The molecular formula is C24H19F2IN6O6. The number of aromatic nitrogens is 2. The zero-order chi connectivity index (χ0) is 28.2. The Morgan fingerprint density at radius 2 is 1.87 bits per heavy atom. The van der Waals surface area contributed by atoms with E-state index in [1.54, 1.807) is 40.8 Å². The molecule has 0 bridgehead atoms. The summed E-state index contributed by atoms with van der Waals surface area (Å²) >= 11 is 1.65. The standard InChI is InChI=1S/C24H19F2IN6O6/c1-37-16-9-7-15(8-10-16)19(35)38-20-23(13-27,31-32-28)39-21(24(20,25)26)33-12-11-17(30-22(33)36)29-18(34)14-5-3-2-4-6-14/h2-12,20-21H,13H2,1H3,(H,29,30,34,36)/t20-,21-,23-/m1/s1. The fourth-order valence-corrected chi connectivity index (χ4v) is 4.53. The number of hydrogen-bond donors (Lipinski definition) is 1. The molecule has 1 aliphatic heterocycles. The van der Waals surface area contributed by atoms with Crippen LogP contribution in [0.25, 0.3) is 10.4 Å². The Labute approximate surface area is 232 Å². The van der Waals surface area contributed by atoms with Gasteiger partial charge in [-0.05, 0) is 48.0 Å². The van der Waals surface area contributed by atoms with Crippen LogP contribution in [0.1, 0.15) is 26.9 Å². The number of nitrogens with one attached hydrogen (secondary N) is 1. The molecule has 1 fully saturated rings. The minimum absolute atomic E-state index is 0.0734. The molecule has 12 nitrogen and oxygen atoms in total. The number of carbonyl (C=O) groups is 2. The number of alkyl halides is 3. The van der Waals surface area contributed by atoms with Crippen LogP contribution in [-0.2, 0) is 9.47 Å². The molecule has 39 heavy (non-hydrogen) atoms. The second-order valence-corrected chi connectivity index (χ2v) is 8.91. The number of hydrogen-bond acceptors (Lipinski definition) is 8. The predicted octanol–water partition coefficient (Wildman–Crippen LogP) is 4.34. The first-order valence-electron chi connectivity index (χ1n) is 11.1. The number of halogens is 3. The molecular weight excluding hydrogens is 633 g/mol. The highest BCUT2D eigenvalue weighted by molar-refractivity contribution is 14.1. The summed E-state index contributed by atoms with van der Waals surface area (Å²) in [6.07, 6.45) is -3.82. The van der Waals surface area contributed by atoms with Crippen molar-refractivity contribution in [3.63, 3.8) is 0 Å². The van der Waals surface area contributed by atoms with Gasteiger partial charge in [-0.15, -0.1) is 0 Å². The molecule has 0 aliphatic carbocycles. The Bertz CT molecular complexity index is 1480. The zero-order valence-corrected chi connectivity index (χ0v) is 22.2. The highest BCUT2D eigenvalue weighted by Gasteiger charge is 2.69. The van der Waals surface area contributed by atoms with E-state index in [-0.39, 0.29) is 21.4 Å². The molecule has 0 spiro atoms. The number of nitrogens with zero attached hydrogens (tertiary/aromatic N) is 5. The van der Waals surface area contributed by atoms with Crippen molar-refractivity contribution in [2.75, 3.05) is 16.9 Å². The van der Waals surface area contributed by atoms with Gasteiger partial charge in [-0.1, -0.05) is 45.9 Å². The average Bonchev–Trinajstić information content (AvgIpc) is 3.15. The second kappa shape index (κ2) is 11.3. The third-order valence-corrected chi connectivity index (χ3v) is 6.81. The molecule has 0 unspecified atom stereocenters. The smallest absolute Gasteiger partial charge is 0.351 e. The lowest BCUT2D eigenvalue weighted by Crippen LogP contribution is -2.49. The van der Waals surface area contributed by atoms with E-state index in [0.717, 1.165) is 12.3 Å². The van der Waals surface area contributed by atoms with Crippen LogP contribution < -0.4 is 15.7 Å². The van der Waals surface area contributed by atoms with Gasteiger partial charge in [0.15, 0.2) is 0 Å². The molecule has 0 saturated carbocycles. The fraction of sp³-hybridized carbons (Fsp3) is 0.250. The molecule has 2 aromatic carbocycles. The first kappa shape index (κ1) is 27.9. The Morgan fingerprint density at radius 3 is 2.46 bits per heavy atom. The second-order valence-electron chi connectivity index (χ2n) is 8.15. The van der Waals surface area contributed by atoms with Crippen molar-refractivity contribution in [2.45, 2.75) is 24.0 Å². The van der Waals surface area contributed by atoms with E-state index in [0.29, 0.717) is 10.3 Å². The lowest BCUT2D eigenvalue weighted by atomic mass is 10.1. The summed E-state index contributed by atoms with van der Waals surface area (Å²) in [5.41, 5.74) is 5.76. The zero-order valence-electron chi connectivity index (χ0n) is 20.0. The van der Waals surface area contributed by atoms with Gasteiger partial charge in [-0.3, -0.25) is 9.36 Å². The summed E-state index contributed by atoms with van der Waals surface area (Å²) in [6.45, 7) is 0. The molecule has 1 amide bonds. The number of methoxy groups -OCH3 is 1. The van der Waals surface area contributed by atoms with Crippen LogP contribution in [0.4, 0.5) is 14.6 Å². The maximum atomic E-state index is 15.8. The van der Waals surface area contributed by atoms with Gasteiger partial charge in [0.2, 0.25) is 18.1 Å². The fourth-order valence-electron chi connectivity index (χ4n) is 3.80. The van der Waals surface area contributed by atoms with Crippen molar-refractivity contribution in [2.24, 2.45) is 5.11 Å². The maximum Gasteiger partial charge on any atom is 0.351 e. The Hall–Kier alpha value is -4.08. The lowest BCUT2D eigenvalue weighted by molar-refractivity contribution is -0.143. The van der Waals surface area contributed by atoms with E-state index in [2.05, 4.69) is 20.3 Å². The molecule has 15 heteroatoms. The maximum absolute atomic E-state index is 15.8. The van der Waals surface area contributed by atoms with Gasteiger partial charge in [0.1, 0.15) is 11.6 Å². The summed E-state index contributed by atoms with van der Waals surface area (Å²) in [4.78, 5) is 44.1. The van der Waals surface area contributed by atoms with E-state index in [9.17, 15) is 14.4 Å². The lowest BCUT2D eigenvalue weighted by Gasteiger charge is -2.28. The predicted molar refractivity (Wildman–Crippen MR) is 141 cm³/mol. The van der Waals surface area contributed by atoms with Crippen molar-refractivity contribution in [1.29, 1.82) is 0 Å². The van der Waals surface area contributed by atoms with E-state index in [1.165, 1.54) is 43.5 Å². The van der Waals surface area contributed by atoms with Crippen molar-refractivity contribution in [3.05, 3.63) is 98.9 Å². The summed E-state index contributed by atoms with van der Waals surface area (Å²) in [5.74, 6) is -5.53. The number of rotatable bonds is 8. The number of anilines is 1. The van der Waals surface area contributed by atoms with Gasteiger partial charge in [-0.2, -0.15) is 13.8 Å². The molecule has 0 radical (unpaired) electrons. The Balaban J connectivity index is 1.64. The first-order valence-corrected chi connectivity index (χ1v) is 12.7. The third-order valence-electron chi connectivity index (χ3n) is 5.72. The monoisotopic (exact) mass is 652 g/mol. The normalized spacial score (nSPS) is 21.4. The van der Waals surface area contributed by atoms with Crippen LogP contribution in [0.3, 0.4) is 0 Å². The molecule has 1 aliphatic rings. The SMILES string of the molecule is COc1ccc(C(=O)O[C@H]2C(F)(F)[C@H](n3ccc(NC(=O)c4ccccc4)nc3=O)O[C@@]2(CI)N=[N+]=[N-])cc1. The van der Waals surface area contributed by atoms with Crippen LogP contribution >= 0.6 is 22.6 Å². The molecule has 3 atom stereocenters. The van der Waals surface area contributed by atoms with E-state index < -0.39 is 41.5 Å². The van der Waals surface area contributed by atoms with E-state index in [4.69, 9.17) is 19.7 Å². The van der Waals surface area contributed by atoms with Crippen LogP contribution in [0.5, 0.6) is 5.75 Å². The molecule has 1 N–H and O–H groups in total. The number of benzene rings is 2. The average molecular weight is 652 g/mol. The minimum atomic E-state index is -4.05. The number of ether oxygens (including phenoxy) is 3. The summed E-state index contributed by atoms with van der Waals surface area (Å²) in [5, 5.41) is 5.81. The number of carbonyl (C=O) groups excluding carboxylic acids is 2. The molecule has 202 valence electrons. The first-order chi connectivity index (χ1) is 18.6. The van der Waals surface area contributed by atoms with E-state index >= 15 is 8.78 Å².